The van der Waals surface area contributed by atoms with E-state index in [0.29, 0.717) is 6.04 Å². The Labute approximate surface area is 134 Å². The van der Waals surface area contributed by atoms with Crippen LogP contribution in [0.3, 0.4) is 0 Å². The van der Waals surface area contributed by atoms with Gasteiger partial charge in [0.05, 0.1) is 18.4 Å². The van der Waals surface area contributed by atoms with Crippen LogP contribution in [0, 0.1) is 3.57 Å². The molecule has 1 atom stereocenters. The Bertz CT molecular complexity index is 515. The molecule has 3 nitrogen and oxygen atoms in total. The number of nitrogens with zero attached hydrogens (tertiary/aromatic N) is 2. The maximum atomic E-state index is 5.32. The molecular weight excluding hydrogens is 363 g/mol. The first-order chi connectivity index (χ1) is 9.78. The second-order valence-corrected chi connectivity index (χ2v) is 6.86. The largest absolute Gasteiger partial charge is 0.382 e. The summed E-state index contributed by atoms with van der Waals surface area (Å²) in [4.78, 5) is 0. The summed E-state index contributed by atoms with van der Waals surface area (Å²) >= 11 is 2.39. The summed E-state index contributed by atoms with van der Waals surface area (Å²) in [5.74, 6) is 0. The van der Waals surface area contributed by atoms with Crippen molar-refractivity contribution in [1.82, 2.24) is 5.01 Å². The maximum Gasteiger partial charge on any atom is 0.0704 e. The maximum absolute atomic E-state index is 5.32. The second-order valence-electron chi connectivity index (χ2n) is 5.62. The van der Waals surface area contributed by atoms with Crippen LogP contribution < -0.4 is 0 Å². The Morgan fingerprint density at radius 3 is 3.10 bits per heavy atom. The number of rotatable bonds is 3. The Hall–Kier alpha value is -0.620. The van der Waals surface area contributed by atoms with Crippen LogP contribution in [-0.4, -0.2) is 37.0 Å². The lowest BCUT2D eigenvalue weighted by Gasteiger charge is -2.25. The van der Waals surface area contributed by atoms with Gasteiger partial charge in [-0.2, -0.15) is 5.10 Å². The van der Waals surface area contributed by atoms with Crippen LogP contribution in [0.1, 0.15) is 36.8 Å². The molecule has 0 aromatic heterocycles. The van der Waals surface area contributed by atoms with Gasteiger partial charge in [-0.1, -0.05) is 6.07 Å². The van der Waals surface area contributed by atoms with E-state index in [9.17, 15) is 0 Å². The van der Waals surface area contributed by atoms with Crippen molar-refractivity contribution in [3.63, 3.8) is 0 Å². The predicted molar refractivity (Wildman–Crippen MR) is 90.2 cm³/mol. The molecule has 1 fully saturated rings. The second kappa shape index (κ2) is 6.43. The average Bonchev–Trinajstić information content (AvgIpc) is 2.86. The fourth-order valence-corrected chi connectivity index (χ4v) is 3.76. The molecule has 0 radical (unpaired) electrons. The van der Waals surface area contributed by atoms with E-state index in [4.69, 9.17) is 9.84 Å². The molecule has 0 bridgehead atoms. The minimum Gasteiger partial charge on any atom is -0.382 e. The van der Waals surface area contributed by atoms with Crippen molar-refractivity contribution in [3.05, 3.63) is 32.9 Å². The molecule has 108 valence electrons. The summed E-state index contributed by atoms with van der Waals surface area (Å²) in [5.41, 5.74) is 4.09. The summed E-state index contributed by atoms with van der Waals surface area (Å²) < 4.78 is 6.64. The molecule has 0 N–H and O–H groups in total. The molecule has 0 saturated carbocycles. The smallest absolute Gasteiger partial charge is 0.0704 e. The molecule has 0 unspecified atom stereocenters. The van der Waals surface area contributed by atoms with Gasteiger partial charge in [0.2, 0.25) is 0 Å². The molecule has 20 heavy (non-hydrogen) atoms. The van der Waals surface area contributed by atoms with E-state index in [0.717, 1.165) is 19.6 Å². The highest BCUT2D eigenvalue weighted by molar-refractivity contribution is 14.1. The van der Waals surface area contributed by atoms with E-state index >= 15 is 0 Å². The number of hydrogen-bond acceptors (Lipinski definition) is 3. The third kappa shape index (κ3) is 3.01. The van der Waals surface area contributed by atoms with E-state index in [2.05, 4.69) is 45.8 Å². The van der Waals surface area contributed by atoms with E-state index in [1.165, 1.54) is 46.1 Å². The minimum absolute atomic E-state index is 0.460. The molecular formula is C16H21IN2O. The van der Waals surface area contributed by atoms with Crippen LogP contribution >= 0.6 is 22.6 Å². The first-order valence-electron chi connectivity index (χ1n) is 7.40. The summed E-state index contributed by atoms with van der Waals surface area (Å²) in [7, 11) is 1.78. The number of ether oxygens (including phenoxy) is 1. The highest BCUT2D eigenvalue weighted by Gasteiger charge is 2.25. The summed E-state index contributed by atoms with van der Waals surface area (Å²) in [5, 5.41) is 7.23. The molecule has 1 saturated heterocycles. The molecule has 1 heterocycles. The zero-order valence-corrected chi connectivity index (χ0v) is 14.1. The molecule has 0 amide bonds. The van der Waals surface area contributed by atoms with Crippen LogP contribution in [0.4, 0.5) is 0 Å². The van der Waals surface area contributed by atoms with Crippen LogP contribution in [0.15, 0.2) is 23.3 Å². The number of aryl methyl sites for hydroxylation is 1. The number of benzene rings is 1. The van der Waals surface area contributed by atoms with Crippen LogP contribution in [0.25, 0.3) is 0 Å². The molecule has 1 aliphatic carbocycles. The average molecular weight is 384 g/mol. The van der Waals surface area contributed by atoms with Crippen molar-refractivity contribution in [2.75, 3.05) is 20.3 Å². The lowest BCUT2D eigenvalue weighted by atomic mass is 9.90. The molecule has 3 rings (SSSR count). The SMILES string of the molecule is COC[C@@H]1CCCN1/N=C1\CCCc2cc(I)ccc21. The third-order valence-corrected chi connectivity index (χ3v) is 4.86. The van der Waals surface area contributed by atoms with Crippen molar-refractivity contribution in [2.24, 2.45) is 5.10 Å². The summed E-state index contributed by atoms with van der Waals surface area (Å²) in [6.07, 6.45) is 5.93. The normalized spacial score (nSPS) is 24.2. The Morgan fingerprint density at radius 1 is 1.35 bits per heavy atom. The fourth-order valence-electron chi connectivity index (χ4n) is 3.20. The van der Waals surface area contributed by atoms with E-state index in [1.54, 1.807) is 7.11 Å². The van der Waals surface area contributed by atoms with Gasteiger partial charge in [-0.05, 0) is 72.4 Å². The number of hydrogen-bond donors (Lipinski definition) is 0. The summed E-state index contributed by atoms with van der Waals surface area (Å²) in [6.45, 7) is 1.85. The number of fused-ring (bicyclic) bond motifs is 1. The monoisotopic (exact) mass is 384 g/mol. The lowest BCUT2D eigenvalue weighted by molar-refractivity contribution is 0.118. The standard InChI is InChI=1S/C16H21IN2O/c1-20-11-14-5-3-9-19(14)18-16-6-2-4-12-10-13(17)7-8-15(12)16/h7-8,10,14H,2-6,9,11H2,1H3/b18-16+/t14-/m0/s1. The number of halogens is 1. The first-order valence-corrected chi connectivity index (χ1v) is 8.47. The molecule has 0 spiro atoms. The zero-order chi connectivity index (χ0) is 13.9. The highest BCUT2D eigenvalue weighted by Crippen LogP contribution is 2.26. The molecule has 2 aliphatic rings. The van der Waals surface area contributed by atoms with Gasteiger partial charge >= 0.3 is 0 Å². The van der Waals surface area contributed by atoms with Crippen LogP contribution in [0.2, 0.25) is 0 Å². The van der Waals surface area contributed by atoms with Gasteiger partial charge in [-0.3, -0.25) is 5.01 Å². The highest BCUT2D eigenvalue weighted by atomic mass is 127. The van der Waals surface area contributed by atoms with E-state index in [-0.39, 0.29) is 0 Å². The van der Waals surface area contributed by atoms with Crippen molar-refractivity contribution in [2.45, 2.75) is 38.1 Å². The van der Waals surface area contributed by atoms with Crippen molar-refractivity contribution < 1.29 is 4.74 Å². The van der Waals surface area contributed by atoms with Gasteiger partial charge in [0.15, 0.2) is 0 Å². The van der Waals surface area contributed by atoms with Gasteiger partial charge in [0.25, 0.3) is 0 Å². The van der Waals surface area contributed by atoms with Gasteiger partial charge in [0.1, 0.15) is 0 Å². The molecule has 1 aliphatic heterocycles. The third-order valence-electron chi connectivity index (χ3n) is 4.19. The summed E-state index contributed by atoms with van der Waals surface area (Å²) in [6, 6.07) is 7.20. The van der Waals surface area contributed by atoms with Gasteiger partial charge in [0, 0.05) is 22.8 Å². The van der Waals surface area contributed by atoms with Crippen molar-refractivity contribution in [3.8, 4) is 0 Å². The molecule has 1 aromatic carbocycles. The van der Waals surface area contributed by atoms with Gasteiger partial charge < -0.3 is 4.74 Å². The van der Waals surface area contributed by atoms with Crippen molar-refractivity contribution >= 4 is 28.3 Å². The van der Waals surface area contributed by atoms with Gasteiger partial charge in [-0.15, -0.1) is 0 Å². The lowest BCUT2D eigenvalue weighted by Crippen LogP contribution is -2.30. The minimum atomic E-state index is 0.460. The number of hydrazone groups is 1. The Morgan fingerprint density at radius 2 is 2.25 bits per heavy atom. The molecule has 1 aromatic rings. The van der Waals surface area contributed by atoms with Crippen LogP contribution in [0.5, 0.6) is 0 Å². The number of methoxy groups -OCH3 is 1. The Kier molecular flexibility index (Phi) is 4.61. The van der Waals surface area contributed by atoms with Crippen LogP contribution in [-0.2, 0) is 11.2 Å². The fraction of sp³-hybridized carbons (Fsp3) is 0.562. The first kappa shape index (κ1) is 14.3. The van der Waals surface area contributed by atoms with E-state index < -0.39 is 0 Å². The zero-order valence-electron chi connectivity index (χ0n) is 11.9. The van der Waals surface area contributed by atoms with E-state index in [1.807, 2.05) is 0 Å². The van der Waals surface area contributed by atoms with Gasteiger partial charge in [-0.25, -0.2) is 0 Å². The Balaban J connectivity index is 1.86. The molecule has 4 heteroatoms. The van der Waals surface area contributed by atoms with Crippen molar-refractivity contribution in [1.29, 1.82) is 0 Å². The predicted octanol–water partition coefficient (Wildman–Crippen LogP) is 3.44. The topological polar surface area (TPSA) is 24.8 Å². The quantitative estimate of drug-likeness (QED) is 0.746.